The predicted molar refractivity (Wildman–Crippen MR) is 260 cm³/mol. The predicted octanol–water partition coefficient (Wildman–Crippen LogP) is 17.3. The summed E-state index contributed by atoms with van der Waals surface area (Å²) < 4.78 is 43.3. The van der Waals surface area contributed by atoms with Gasteiger partial charge in [-0.05, 0) is 97.7 Å². The van der Waals surface area contributed by atoms with E-state index in [9.17, 15) is 13.2 Å². The molecule has 0 saturated heterocycles. The summed E-state index contributed by atoms with van der Waals surface area (Å²) in [5.41, 5.74) is 17.6. The maximum absolute atomic E-state index is 14.4. The Labute approximate surface area is 371 Å². The second-order valence-corrected chi connectivity index (χ2v) is 16.3. The zero-order valence-corrected chi connectivity index (χ0v) is 36.7. The number of benzene rings is 9. The number of rotatable bonds is 6. The highest BCUT2D eigenvalue weighted by Crippen LogP contribution is 2.32. The minimum atomic E-state index is -0.804. The number of hydrogen-bond acceptors (Lipinski definition) is 0. The smallest absolute Gasteiger partial charge is 0.167 e. The lowest BCUT2D eigenvalue weighted by molar-refractivity contribution is 0.514. The van der Waals surface area contributed by atoms with Crippen LogP contribution in [0, 0.1) is 59.0 Å². The third-order valence-electron chi connectivity index (χ3n) is 11.2. The average Bonchev–Trinajstić information content (AvgIpc) is 3.30. The second-order valence-electron chi connectivity index (χ2n) is 16.3. The van der Waals surface area contributed by atoms with E-state index < -0.39 is 11.6 Å². The molecule has 0 atom stereocenters. The minimum Gasteiger partial charge on any atom is -0.206 e. The summed E-state index contributed by atoms with van der Waals surface area (Å²) in [5.74, 6) is -1.79. The normalized spacial score (nSPS) is 10.6. The maximum atomic E-state index is 14.4. The molecule has 9 aromatic rings. The molecule has 0 heterocycles. The lowest BCUT2D eigenvalue weighted by Gasteiger charge is -2.09. The molecule has 9 aromatic carbocycles. The van der Waals surface area contributed by atoms with Gasteiger partial charge in [-0.25, -0.2) is 13.2 Å². The van der Waals surface area contributed by atoms with E-state index in [0.717, 1.165) is 27.8 Å². The molecular formula is C60H51F3. The van der Waals surface area contributed by atoms with E-state index in [0.29, 0.717) is 16.7 Å². The van der Waals surface area contributed by atoms with E-state index in [4.69, 9.17) is 0 Å². The molecule has 0 unspecified atom stereocenters. The highest BCUT2D eigenvalue weighted by atomic mass is 19.2. The zero-order chi connectivity index (χ0) is 44.5. The third-order valence-corrected chi connectivity index (χ3v) is 11.2. The lowest BCUT2D eigenvalue weighted by Crippen LogP contribution is -1.94. The summed E-state index contributed by atoms with van der Waals surface area (Å²) in [6.45, 7) is 12.2. The van der Waals surface area contributed by atoms with Gasteiger partial charge >= 0.3 is 0 Å². The Balaban J connectivity index is 0.000000142. The fourth-order valence-corrected chi connectivity index (χ4v) is 7.22. The van der Waals surface area contributed by atoms with Crippen LogP contribution in [0.15, 0.2) is 200 Å². The third kappa shape index (κ3) is 11.2. The first-order valence-corrected chi connectivity index (χ1v) is 21.2. The van der Waals surface area contributed by atoms with Gasteiger partial charge in [0.1, 0.15) is 5.82 Å². The molecule has 0 saturated carbocycles. The maximum Gasteiger partial charge on any atom is 0.167 e. The van der Waals surface area contributed by atoms with Crippen LogP contribution in [0.1, 0.15) is 33.4 Å². The van der Waals surface area contributed by atoms with Gasteiger partial charge in [-0.15, -0.1) is 0 Å². The van der Waals surface area contributed by atoms with Gasteiger partial charge in [0, 0.05) is 16.7 Å². The summed E-state index contributed by atoms with van der Waals surface area (Å²) in [4.78, 5) is 0. The van der Waals surface area contributed by atoms with Crippen LogP contribution in [0.4, 0.5) is 13.2 Å². The monoisotopic (exact) mass is 828 g/mol. The van der Waals surface area contributed by atoms with Crippen molar-refractivity contribution in [3.05, 3.63) is 251 Å². The van der Waals surface area contributed by atoms with Crippen molar-refractivity contribution in [1.82, 2.24) is 0 Å². The molecule has 312 valence electrons. The quantitative estimate of drug-likeness (QED) is 0.157. The van der Waals surface area contributed by atoms with Gasteiger partial charge in [0.25, 0.3) is 0 Å². The molecule has 0 bridgehead atoms. The number of aryl methyl sites for hydroxylation is 6. The summed E-state index contributed by atoms with van der Waals surface area (Å²) in [6, 6.07) is 65.7. The van der Waals surface area contributed by atoms with Crippen LogP contribution in [0.25, 0.3) is 66.8 Å². The topological polar surface area (TPSA) is 0 Å². The molecule has 3 heteroatoms. The van der Waals surface area contributed by atoms with Crippen LogP contribution in [0.5, 0.6) is 0 Å². The van der Waals surface area contributed by atoms with Crippen molar-refractivity contribution in [2.75, 3.05) is 0 Å². The van der Waals surface area contributed by atoms with Crippen molar-refractivity contribution < 1.29 is 13.2 Å². The van der Waals surface area contributed by atoms with Gasteiger partial charge in [-0.1, -0.05) is 228 Å². The highest BCUT2D eigenvalue weighted by molar-refractivity contribution is 5.74. The molecule has 9 rings (SSSR count). The first kappa shape index (κ1) is 43.8. The summed E-state index contributed by atoms with van der Waals surface area (Å²) in [5, 5.41) is 0. The van der Waals surface area contributed by atoms with Crippen LogP contribution in [0.2, 0.25) is 0 Å². The molecule has 0 aliphatic rings. The second kappa shape index (κ2) is 20.1. The Kier molecular flexibility index (Phi) is 14.0. The van der Waals surface area contributed by atoms with E-state index in [-0.39, 0.29) is 16.9 Å². The Morgan fingerprint density at radius 3 is 0.667 bits per heavy atom. The first-order valence-electron chi connectivity index (χ1n) is 21.2. The van der Waals surface area contributed by atoms with Crippen molar-refractivity contribution in [2.45, 2.75) is 41.5 Å². The molecule has 0 aliphatic heterocycles. The number of halogens is 3. The minimum absolute atomic E-state index is 0.183. The van der Waals surface area contributed by atoms with Crippen LogP contribution in [-0.2, 0) is 0 Å². The van der Waals surface area contributed by atoms with E-state index >= 15 is 0 Å². The molecule has 0 fully saturated rings. The van der Waals surface area contributed by atoms with E-state index in [1.165, 1.54) is 44.5 Å². The Morgan fingerprint density at radius 2 is 0.397 bits per heavy atom. The fraction of sp³-hybridized carbons (Fsp3) is 0.100. The largest absolute Gasteiger partial charge is 0.206 e. The van der Waals surface area contributed by atoms with Gasteiger partial charge in [0.05, 0.1) is 0 Å². The number of hydrogen-bond donors (Lipinski definition) is 0. The van der Waals surface area contributed by atoms with Gasteiger partial charge in [-0.3, -0.25) is 0 Å². The van der Waals surface area contributed by atoms with E-state index in [2.05, 4.69) is 86.6 Å². The molecule has 0 aliphatic carbocycles. The molecule has 0 nitrogen and oxygen atoms in total. The average molecular weight is 829 g/mol. The first-order chi connectivity index (χ1) is 30.4. The SMILES string of the molecule is Cc1ccc(-c2ccc(-c3ccc(C)cc3)c(F)c2)cc1.Cc1ccc(-c2ccc(-c3ccc(C)cc3)c(F)c2F)cc1.Cc1ccc(-c2ccc(-c3ccc(C)cc3)cc2)cc1. The van der Waals surface area contributed by atoms with Crippen molar-refractivity contribution in [1.29, 1.82) is 0 Å². The molecule has 0 spiro atoms. The standard InChI is InChI=1S/C20H16F2.C20H17F.C20H18/c1-13-3-7-15(8-4-13)17-11-12-18(20(22)19(17)21)16-9-5-14(2)6-10-16;1-14-3-7-16(8-4-14)18-11-12-19(20(21)13-18)17-9-5-15(2)6-10-17;1-15-3-7-17(8-4-15)19-11-13-20(14-12-19)18-9-5-16(2)6-10-18/h3-12H,1-2H3;3-13H,1-2H3;3-14H,1-2H3. The van der Waals surface area contributed by atoms with Crippen molar-refractivity contribution in [3.8, 4) is 66.8 Å². The van der Waals surface area contributed by atoms with E-state index in [1.807, 2.05) is 113 Å². The van der Waals surface area contributed by atoms with Gasteiger partial charge in [-0.2, -0.15) is 0 Å². The summed E-state index contributed by atoms with van der Waals surface area (Å²) >= 11 is 0. The Morgan fingerprint density at radius 1 is 0.206 bits per heavy atom. The summed E-state index contributed by atoms with van der Waals surface area (Å²) in [7, 11) is 0. The van der Waals surface area contributed by atoms with Crippen molar-refractivity contribution in [2.24, 2.45) is 0 Å². The molecule has 0 aromatic heterocycles. The van der Waals surface area contributed by atoms with Gasteiger partial charge in [0.2, 0.25) is 0 Å². The van der Waals surface area contributed by atoms with Gasteiger partial charge in [0.15, 0.2) is 11.6 Å². The van der Waals surface area contributed by atoms with Crippen molar-refractivity contribution >= 4 is 0 Å². The Bertz CT molecular complexity index is 2760. The van der Waals surface area contributed by atoms with Gasteiger partial charge < -0.3 is 0 Å². The molecular weight excluding hydrogens is 778 g/mol. The molecule has 0 radical (unpaired) electrons. The highest BCUT2D eigenvalue weighted by Gasteiger charge is 2.16. The molecule has 63 heavy (non-hydrogen) atoms. The summed E-state index contributed by atoms with van der Waals surface area (Å²) in [6.07, 6.45) is 0. The van der Waals surface area contributed by atoms with Crippen molar-refractivity contribution in [3.63, 3.8) is 0 Å². The van der Waals surface area contributed by atoms with Crippen LogP contribution < -0.4 is 0 Å². The van der Waals surface area contributed by atoms with Crippen LogP contribution in [0.3, 0.4) is 0 Å². The molecule has 0 amide bonds. The lowest BCUT2D eigenvalue weighted by atomic mass is 9.98. The van der Waals surface area contributed by atoms with Crippen LogP contribution >= 0.6 is 0 Å². The Hall–Kier alpha value is -7.23. The van der Waals surface area contributed by atoms with E-state index in [1.54, 1.807) is 42.5 Å². The molecule has 0 N–H and O–H groups in total. The fourth-order valence-electron chi connectivity index (χ4n) is 7.22. The zero-order valence-electron chi connectivity index (χ0n) is 36.7. The van der Waals surface area contributed by atoms with Crippen LogP contribution in [-0.4, -0.2) is 0 Å².